The first kappa shape index (κ1) is 20.1. The van der Waals surface area contributed by atoms with Gasteiger partial charge >= 0.3 is 6.18 Å². The zero-order chi connectivity index (χ0) is 20.1. The van der Waals surface area contributed by atoms with Crippen molar-refractivity contribution in [2.24, 2.45) is 0 Å². The maximum atomic E-state index is 12.8. The van der Waals surface area contributed by atoms with Crippen molar-refractivity contribution < 1.29 is 13.2 Å². The van der Waals surface area contributed by atoms with Gasteiger partial charge in [0.2, 0.25) is 5.82 Å². The normalized spacial score (nSPS) is 11.7. The minimum absolute atomic E-state index is 0.155. The van der Waals surface area contributed by atoms with E-state index in [1.807, 2.05) is 30.3 Å². The first-order chi connectivity index (χ1) is 13.3. The van der Waals surface area contributed by atoms with Gasteiger partial charge in [-0.25, -0.2) is 0 Å². The summed E-state index contributed by atoms with van der Waals surface area (Å²) in [6, 6.07) is 10.1. The second-order valence-corrected chi connectivity index (χ2v) is 6.62. The summed E-state index contributed by atoms with van der Waals surface area (Å²) < 4.78 is 39.5. The molecular weight excluding hydrogens is 395 g/mol. The van der Waals surface area contributed by atoms with E-state index >= 15 is 0 Å². The molecule has 0 N–H and O–H groups in total. The smallest absolute Gasteiger partial charge is 0.314 e. The van der Waals surface area contributed by atoms with Crippen LogP contribution in [0.5, 0.6) is 0 Å². The van der Waals surface area contributed by atoms with Crippen LogP contribution in [0.3, 0.4) is 0 Å². The summed E-state index contributed by atoms with van der Waals surface area (Å²) in [5, 5.41) is 11.9. The van der Waals surface area contributed by atoms with Gasteiger partial charge in [0.25, 0.3) is 5.56 Å². The Kier molecular flexibility index (Phi) is 6.13. The van der Waals surface area contributed by atoms with Crippen molar-refractivity contribution in [1.82, 2.24) is 24.8 Å². The monoisotopic (exact) mass is 411 g/mol. The van der Waals surface area contributed by atoms with Crippen LogP contribution in [-0.2, 0) is 19.3 Å². The summed E-state index contributed by atoms with van der Waals surface area (Å²) in [5.74, 6) is 0.533. The van der Waals surface area contributed by atoms with E-state index in [-0.39, 0.29) is 6.54 Å². The van der Waals surface area contributed by atoms with Crippen molar-refractivity contribution in [3.8, 4) is 11.4 Å². The van der Waals surface area contributed by atoms with E-state index in [9.17, 15) is 18.0 Å². The van der Waals surface area contributed by atoms with E-state index in [2.05, 4.69) is 15.4 Å². The number of nitrogens with zero attached hydrogens (tertiary/aromatic N) is 5. The first-order valence-electron chi connectivity index (χ1n) is 8.65. The minimum atomic E-state index is -4.55. The largest absolute Gasteiger partial charge is 0.417 e. The molecular formula is C18H17ClF3N5O. The van der Waals surface area contributed by atoms with Crippen molar-refractivity contribution in [3.63, 3.8) is 0 Å². The van der Waals surface area contributed by atoms with Gasteiger partial charge in [-0.05, 0) is 30.5 Å². The summed E-state index contributed by atoms with van der Waals surface area (Å²) in [5.41, 5.74) is -0.688. The fourth-order valence-corrected chi connectivity index (χ4v) is 2.90. The molecule has 148 valence electrons. The Morgan fingerprint density at radius 3 is 2.46 bits per heavy atom. The Bertz CT molecular complexity index is 985. The lowest BCUT2D eigenvalue weighted by Crippen LogP contribution is -2.23. The molecule has 0 spiro atoms. The van der Waals surface area contributed by atoms with Crippen LogP contribution >= 0.6 is 11.6 Å². The number of hydrogen-bond acceptors (Lipinski definition) is 4. The molecule has 3 rings (SSSR count). The van der Waals surface area contributed by atoms with Crippen molar-refractivity contribution in [2.45, 2.75) is 38.5 Å². The van der Waals surface area contributed by atoms with E-state index < -0.39 is 22.3 Å². The summed E-state index contributed by atoms with van der Waals surface area (Å²) >= 11 is 5.64. The molecule has 3 aromatic rings. The standard InChI is InChI=1S/C18H17ClF3N5O/c19-15-11-14(18(20,21)22)12-26(17(15)28)9-5-2-6-10-27-24-16(23-25-27)13-7-3-1-4-8-13/h1,3-4,7-8,11-12H,2,5-6,9-10H2. The molecule has 0 unspecified atom stereocenters. The molecule has 6 nitrogen and oxygen atoms in total. The van der Waals surface area contributed by atoms with Crippen LogP contribution < -0.4 is 5.56 Å². The van der Waals surface area contributed by atoms with E-state index in [0.717, 1.165) is 16.3 Å². The van der Waals surface area contributed by atoms with Gasteiger partial charge in [-0.3, -0.25) is 4.79 Å². The van der Waals surface area contributed by atoms with Crippen molar-refractivity contribution >= 4 is 11.6 Å². The predicted octanol–water partition coefficient (Wildman–Crippen LogP) is 4.04. The number of unbranched alkanes of at least 4 members (excludes halogenated alkanes) is 2. The van der Waals surface area contributed by atoms with Crippen molar-refractivity contribution in [1.29, 1.82) is 0 Å². The van der Waals surface area contributed by atoms with E-state index in [4.69, 9.17) is 11.6 Å². The fraction of sp³-hybridized carbons (Fsp3) is 0.333. The SMILES string of the molecule is O=c1c(Cl)cc(C(F)(F)F)cn1CCCCCn1nnc(-c2ccccc2)n1. The number of alkyl halides is 3. The van der Waals surface area contributed by atoms with Gasteiger partial charge in [0.1, 0.15) is 5.02 Å². The Morgan fingerprint density at radius 2 is 1.75 bits per heavy atom. The lowest BCUT2D eigenvalue weighted by molar-refractivity contribution is -0.138. The van der Waals surface area contributed by atoms with E-state index in [1.165, 1.54) is 4.80 Å². The van der Waals surface area contributed by atoms with Crippen LogP contribution in [0.2, 0.25) is 5.02 Å². The van der Waals surface area contributed by atoms with Crippen molar-refractivity contribution in [2.75, 3.05) is 0 Å². The average molecular weight is 412 g/mol. The molecule has 0 aliphatic rings. The number of pyridine rings is 1. The van der Waals surface area contributed by atoms with Crippen LogP contribution in [0.4, 0.5) is 13.2 Å². The van der Waals surface area contributed by atoms with Crippen LogP contribution in [0.15, 0.2) is 47.4 Å². The zero-order valence-electron chi connectivity index (χ0n) is 14.7. The molecule has 0 radical (unpaired) electrons. The van der Waals surface area contributed by atoms with Crippen molar-refractivity contribution in [3.05, 3.63) is 63.5 Å². The first-order valence-corrected chi connectivity index (χ1v) is 9.03. The summed E-state index contributed by atoms with van der Waals surface area (Å²) in [6.07, 6.45) is -1.83. The number of aromatic nitrogens is 5. The molecule has 0 saturated heterocycles. The molecule has 10 heteroatoms. The molecule has 0 amide bonds. The number of tetrazole rings is 1. The number of benzene rings is 1. The highest BCUT2D eigenvalue weighted by Crippen LogP contribution is 2.29. The molecule has 0 atom stereocenters. The van der Waals surface area contributed by atoms with Gasteiger partial charge < -0.3 is 4.57 Å². The number of halogens is 4. The van der Waals surface area contributed by atoms with Gasteiger partial charge in [0.05, 0.1) is 12.1 Å². The van der Waals surface area contributed by atoms with Gasteiger partial charge in [-0.15, -0.1) is 10.2 Å². The summed E-state index contributed by atoms with van der Waals surface area (Å²) in [7, 11) is 0. The Morgan fingerprint density at radius 1 is 1.04 bits per heavy atom. The Balaban J connectivity index is 1.51. The van der Waals surface area contributed by atoms with E-state index in [1.54, 1.807) is 0 Å². The molecule has 2 aromatic heterocycles. The Labute approximate surface area is 163 Å². The van der Waals surface area contributed by atoms with Crippen LogP contribution in [0.25, 0.3) is 11.4 Å². The second kappa shape index (κ2) is 8.55. The Hall–Kier alpha value is -2.68. The number of rotatable bonds is 7. The second-order valence-electron chi connectivity index (χ2n) is 6.21. The molecule has 1 aromatic carbocycles. The molecule has 0 fully saturated rings. The van der Waals surface area contributed by atoms with Gasteiger partial charge in [0.15, 0.2) is 0 Å². The third kappa shape index (κ3) is 4.98. The summed E-state index contributed by atoms with van der Waals surface area (Å²) in [4.78, 5) is 13.4. The third-order valence-corrected chi connectivity index (χ3v) is 4.38. The zero-order valence-corrected chi connectivity index (χ0v) is 15.5. The molecule has 0 aliphatic carbocycles. The van der Waals surface area contributed by atoms with Gasteiger partial charge in [0, 0.05) is 18.3 Å². The molecule has 0 saturated carbocycles. The number of hydrogen-bond donors (Lipinski definition) is 0. The fourth-order valence-electron chi connectivity index (χ4n) is 2.67. The molecule has 0 aliphatic heterocycles. The third-order valence-electron chi connectivity index (χ3n) is 4.11. The molecule has 2 heterocycles. The highest BCUT2D eigenvalue weighted by atomic mass is 35.5. The maximum absolute atomic E-state index is 12.8. The van der Waals surface area contributed by atoms with Crippen LogP contribution in [0.1, 0.15) is 24.8 Å². The predicted molar refractivity (Wildman–Crippen MR) is 97.8 cm³/mol. The van der Waals surface area contributed by atoms with Crippen LogP contribution in [-0.4, -0.2) is 24.8 Å². The minimum Gasteiger partial charge on any atom is -0.314 e. The lowest BCUT2D eigenvalue weighted by atomic mass is 10.2. The molecule has 0 bridgehead atoms. The van der Waals surface area contributed by atoms with Gasteiger partial charge in [-0.1, -0.05) is 41.9 Å². The van der Waals surface area contributed by atoms with Crippen LogP contribution in [0, 0.1) is 0 Å². The molecule has 28 heavy (non-hydrogen) atoms. The lowest BCUT2D eigenvalue weighted by Gasteiger charge is -2.11. The van der Waals surface area contributed by atoms with Gasteiger partial charge in [-0.2, -0.15) is 18.0 Å². The number of aryl methyl sites for hydroxylation is 2. The maximum Gasteiger partial charge on any atom is 0.417 e. The average Bonchev–Trinajstić information content (AvgIpc) is 3.13. The quantitative estimate of drug-likeness (QED) is 0.550. The summed E-state index contributed by atoms with van der Waals surface area (Å²) in [6.45, 7) is 0.681. The highest BCUT2D eigenvalue weighted by Gasteiger charge is 2.32. The highest BCUT2D eigenvalue weighted by molar-refractivity contribution is 6.30. The van der Waals surface area contributed by atoms with E-state index in [0.29, 0.717) is 37.7 Å². The topological polar surface area (TPSA) is 65.6 Å².